The summed E-state index contributed by atoms with van der Waals surface area (Å²) < 4.78 is 5.94. The number of carbonyl (C=O) groups is 1. The highest BCUT2D eigenvalue weighted by Crippen LogP contribution is 2.25. The van der Waals surface area contributed by atoms with Crippen molar-refractivity contribution in [2.24, 2.45) is 0 Å². The molecule has 0 aromatic heterocycles. The molecule has 1 N–H and O–H groups in total. The summed E-state index contributed by atoms with van der Waals surface area (Å²) in [6.07, 6.45) is -0.299. The van der Waals surface area contributed by atoms with Crippen LogP contribution in [-0.2, 0) is 9.53 Å². The van der Waals surface area contributed by atoms with Crippen LogP contribution in [0.15, 0.2) is 60.7 Å². The van der Waals surface area contributed by atoms with Crippen LogP contribution in [0.25, 0.3) is 0 Å². The predicted molar refractivity (Wildman–Crippen MR) is 94.6 cm³/mol. The largest absolute Gasteiger partial charge is 0.389 e. The average Bonchev–Trinajstić information content (AvgIpc) is 2.55. The second-order valence-electron chi connectivity index (χ2n) is 6.57. The van der Waals surface area contributed by atoms with Crippen LogP contribution in [0.2, 0.25) is 0 Å². The summed E-state index contributed by atoms with van der Waals surface area (Å²) in [4.78, 5) is 13.8. The van der Waals surface area contributed by atoms with Crippen LogP contribution in [0.3, 0.4) is 0 Å². The van der Waals surface area contributed by atoms with E-state index in [4.69, 9.17) is 4.74 Å². The normalized spacial score (nSPS) is 11.5. The number of rotatable bonds is 7. The monoisotopic (exact) mass is 327 g/mol. The van der Waals surface area contributed by atoms with Gasteiger partial charge in [-0.15, -0.1) is 0 Å². The molecule has 4 nitrogen and oxygen atoms in total. The molecular formula is C20H25NO3. The molecule has 0 unspecified atom stereocenters. The first kappa shape index (κ1) is 18.2. The van der Waals surface area contributed by atoms with Crippen LogP contribution in [-0.4, -0.2) is 41.7 Å². The van der Waals surface area contributed by atoms with Gasteiger partial charge in [0.25, 0.3) is 0 Å². The zero-order valence-electron chi connectivity index (χ0n) is 14.5. The van der Waals surface area contributed by atoms with Crippen LogP contribution in [0.4, 0.5) is 0 Å². The van der Waals surface area contributed by atoms with Gasteiger partial charge >= 0.3 is 0 Å². The van der Waals surface area contributed by atoms with Gasteiger partial charge in [-0.2, -0.15) is 0 Å². The van der Waals surface area contributed by atoms with Crippen molar-refractivity contribution in [1.29, 1.82) is 0 Å². The second-order valence-corrected chi connectivity index (χ2v) is 6.57. The van der Waals surface area contributed by atoms with Gasteiger partial charge in [0.1, 0.15) is 12.7 Å². The Balaban J connectivity index is 2.08. The molecule has 0 radical (unpaired) electrons. The van der Waals surface area contributed by atoms with Crippen molar-refractivity contribution in [2.45, 2.75) is 25.6 Å². The third-order valence-electron chi connectivity index (χ3n) is 3.63. The van der Waals surface area contributed by atoms with E-state index in [0.717, 1.165) is 11.1 Å². The number of ether oxygens (including phenoxy) is 1. The van der Waals surface area contributed by atoms with E-state index in [-0.39, 0.29) is 25.2 Å². The molecule has 24 heavy (non-hydrogen) atoms. The molecule has 0 spiro atoms. The highest BCUT2D eigenvalue weighted by molar-refractivity contribution is 5.77. The SMILES string of the molecule is CN(CC(C)(C)O)C(=O)COC(c1ccccc1)c1ccccc1. The first-order valence-corrected chi connectivity index (χ1v) is 8.04. The van der Waals surface area contributed by atoms with Crippen molar-refractivity contribution < 1.29 is 14.6 Å². The van der Waals surface area contributed by atoms with Crippen molar-refractivity contribution in [3.63, 3.8) is 0 Å². The van der Waals surface area contributed by atoms with Gasteiger partial charge in [0.05, 0.1) is 5.60 Å². The Morgan fingerprint density at radius 2 is 1.50 bits per heavy atom. The van der Waals surface area contributed by atoms with Crippen LogP contribution >= 0.6 is 0 Å². The average molecular weight is 327 g/mol. The highest BCUT2D eigenvalue weighted by atomic mass is 16.5. The Bertz CT molecular complexity index is 595. The topological polar surface area (TPSA) is 49.8 Å². The Labute approximate surface area is 143 Å². The van der Waals surface area contributed by atoms with Crippen LogP contribution in [0, 0.1) is 0 Å². The Kier molecular flexibility index (Phi) is 6.12. The maximum Gasteiger partial charge on any atom is 0.248 e. The molecule has 0 aliphatic carbocycles. The third-order valence-corrected chi connectivity index (χ3v) is 3.63. The zero-order valence-corrected chi connectivity index (χ0v) is 14.5. The lowest BCUT2D eigenvalue weighted by Gasteiger charge is -2.26. The van der Waals surface area contributed by atoms with Crippen LogP contribution < -0.4 is 0 Å². The molecule has 0 heterocycles. The van der Waals surface area contributed by atoms with Gasteiger partial charge in [0, 0.05) is 13.6 Å². The maximum absolute atomic E-state index is 12.3. The number of likely N-dealkylation sites (N-methyl/N-ethyl adjacent to an activating group) is 1. The molecular weight excluding hydrogens is 302 g/mol. The summed E-state index contributed by atoms with van der Waals surface area (Å²) >= 11 is 0. The molecule has 4 heteroatoms. The summed E-state index contributed by atoms with van der Waals surface area (Å²) in [6, 6.07) is 19.7. The van der Waals surface area contributed by atoms with Crippen molar-refractivity contribution in [3.05, 3.63) is 71.8 Å². The highest BCUT2D eigenvalue weighted by Gasteiger charge is 2.21. The molecule has 128 valence electrons. The van der Waals surface area contributed by atoms with E-state index in [1.54, 1.807) is 20.9 Å². The predicted octanol–water partition coefficient (Wildman–Crippen LogP) is 3.02. The molecule has 0 bridgehead atoms. The fourth-order valence-electron chi connectivity index (χ4n) is 2.57. The standard InChI is InChI=1S/C20H25NO3/c1-20(2,23)15-21(3)18(22)14-24-19(16-10-6-4-7-11-16)17-12-8-5-9-13-17/h4-13,19,23H,14-15H2,1-3H3. The molecule has 1 amide bonds. The molecule has 0 aliphatic rings. The molecule has 0 fully saturated rings. The Morgan fingerprint density at radius 1 is 1.04 bits per heavy atom. The van der Waals surface area contributed by atoms with Crippen molar-refractivity contribution in [1.82, 2.24) is 4.90 Å². The number of carbonyl (C=O) groups excluding carboxylic acids is 1. The summed E-state index contributed by atoms with van der Waals surface area (Å²) in [5.74, 6) is -0.158. The number of benzene rings is 2. The van der Waals surface area contributed by atoms with Crippen molar-refractivity contribution >= 4 is 5.91 Å². The Morgan fingerprint density at radius 3 is 1.92 bits per heavy atom. The quantitative estimate of drug-likeness (QED) is 0.850. The van der Waals surface area contributed by atoms with Gasteiger partial charge in [0.15, 0.2) is 0 Å². The Hall–Kier alpha value is -2.17. The smallest absolute Gasteiger partial charge is 0.248 e. The second kappa shape index (κ2) is 8.08. The van der Waals surface area contributed by atoms with E-state index in [9.17, 15) is 9.90 Å². The maximum atomic E-state index is 12.3. The summed E-state index contributed by atoms with van der Waals surface area (Å²) in [5.41, 5.74) is 1.08. The third kappa shape index (κ3) is 5.48. The van der Waals surface area contributed by atoms with Gasteiger partial charge in [-0.05, 0) is 25.0 Å². The van der Waals surface area contributed by atoms with Gasteiger partial charge in [-0.1, -0.05) is 60.7 Å². The summed E-state index contributed by atoms with van der Waals surface area (Å²) in [6.45, 7) is 3.57. The minimum Gasteiger partial charge on any atom is -0.389 e. The molecule has 2 aromatic rings. The van der Waals surface area contributed by atoms with Gasteiger partial charge in [-0.3, -0.25) is 4.79 Å². The van der Waals surface area contributed by atoms with Crippen LogP contribution in [0.5, 0.6) is 0 Å². The molecule has 2 aromatic carbocycles. The van der Waals surface area contributed by atoms with Gasteiger partial charge < -0.3 is 14.7 Å². The number of aliphatic hydroxyl groups is 1. The lowest BCUT2D eigenvalue weighted by atomic mass is 10.0. The molecule has 0 atom stereocenters. The van der Waals surface area contributed by atoms with E-state index >= 15 is 0 Å². The van der Waals surface area contributed by atoms with E-state index < -0.39 is 5.60 Å². The van der Waals surface area contributed by atoms with Gasteiger partial charge in [0.2, 0.25) is 5.91 Å². The lowest BCUT2D eigenvalue weighted by Crippen LogP contribution is -2.41. The fraction of sp³-hybridized carbons (Fsp3) is 0.350. The van der Waals surface area contributed by atoms with Gasteiger partial charge in [-0.25, -0.2) is 0 Å². The number of nitrogens with zero attached hydrogens (tertiary/aromatic N) is 1. The fourth-order valence-corrected chi connectivity index (χ4v) is 2.57. The molecule has 0 saturated carbocycles. The number of hydrogen-bond acceptors (Lipinski definition) is 3. The van der Waals surface area contributed by atoms with Crippen LogP contribution in [0.1, 0.15) is 31.1 Å². The van der Waals surface area contributed by atoms with E-state index in [1.807, 2.05) is 60.7 Å². The minimum atomic E-state index is -0.928. The van der Waals surface area contributed by atoms with Crippen molar-refractivity contribution in [2.75, 3.05) is 20.2 Å². The summed E-state index contributed by atoms with van der Waals surface area (Å²) in [5, 5.41) is 9.84. The molecule has 0 aliphatic heterocycles. The molecule has 2 rings (SSSR count). The first-order chi connectivity index (χ1) is 11.4. The zero-order chi connectivity index (χ0) is 17.6. The van der Waals surface area contributed by atoms with E-state index in [1.165, 1.54) is 4.90 Å². The summed E-state index contributed by atoms with van der Waals surface area (Å²) in [7, 11) is 1.67. The number of amides is 1. The lowest BCUT2D eigenvalue weighted by molar-refractivity contribution is -0.138. The first-order valence-electron chi connectivity index (χ1n) is 8.04. The minimum absolute atomic E-state index is 0.0406. The van der Waals surface area contributed by atoms with E-state index in [2.05, 4.69) is 0 Å². The number of hydrogen-bond donors (Lipinski definition) is 1. The molecule has 0 saturated heterocycles. The van der Waals surface area contributed by atoms with Crippen molar-refractivity contribution in [3.8, 4) is 0 Å². The van der Waals surface area contributed by atoms with E-state index in [0.29, 0.717) is 0 Å².